The van der Waals surface area contributed by atoms with Crippen LogP contribution in [0.1, 0.15) is 71.2 Å². The Hall–Kier alpha value is -2.60. The van der Waals surface area contributed by atoms with Crippen molar-refractivity contribution in [3.63, 3.8) is 0 Å². The number of hydrogen-bond donors (Lipinski definition) is 2. The van der Waals surface area contributed by atoms with E-state index in [1.54, 1.807) is 19.9 Å². The lowest BCUT2D eigenvalue weighted by molar-refractivity contribution is -0.159. The number of carbonyl (C=O) groups is 2. The zero-order chi connectivity index (χ0) is 24.6. The highest BCUT2D eigenvalue weighted by molar-refractivity contribution is 5.89. The number of esters is 2. The van der Waals surface area contributed by atoms with Gasteiger partial charge in [-0.25, -0.2) is 9.59 Å². The summed E-state index contributed by atoms with van der Waals surface area (Å²) in [6.45, 7) is 11.4. The first-order chi connectivity index (χ1) is 15.4. The molecule has 6 nitrogen and oxygen atoms in total. The van der Waals surface area contributed by atoms with E-state index in [1.165, 1.54) is 24.3 Å². The van der Waals surface area contributed by atoms with Crippen molar-refractivity contribution >= 4 is 11.9 Å². The van der Waals surface area contributed by atoms with Crippen molar-refractivity contribution in [1.82, 2.24) is 0 Å². The molecule has 5 atom stereocenters. The molecular weight excluding hydrogens is 420 g/mol. The number of phenolic OH excluding ortho intramolecular Hbond substituents is 1. The molecule has 6 heteroatoms. The van der Waals surface area contributed by atoms with Crippen LogP contribution in [-0.4, -0.2) is 40.0 Å². The molecule has 0 saturated heterocycles. The average Bonchev–Trinajstić information content (AvgIpc) is 3.00. The standard InChI is InChI=1S/C27H36O6/c1-7-18(5)24(29)33-22-15-17(4)14-21(32-25(30)19-8-10-20(28)11-9-19)23-26(22,6)12-13-27(23,31)16(2)3/h7-11,15-16,21-23,28,31H,12-14H2,1-6H3/t21-,22+,23-,26+,27-/m0/s1. The third kappa shape index (κ3) is 4.72. The molecule has 1 fully saturated rings. The van der Waals surface area contributed by atoms with Crippen molar-refractivity contribution in [2.24, 2.45) is 17.3 Å². The van der Waals surface area contributed by atoms with E-state index in [2.05, 4.69) is 0 Å². The average molecular weight is 457 g/mol. The molecule has 3 rings (SSSR count). The van der Waals surface area contributed by atoms with E-state index in [1.807, 2.05) is 33.8 Å². The van der Waals surface area contributed by atoms with Crippen LogP contribution in [0.25, 0.3) is 0 Å². The van der Waals surface area contributed by atoms with Gasteiger partial charge in [0.15, 0.2) is 0 Å². The van der Waals surface area contributed by atoms with Gasteiger partial charge in [0.25, 0.3) is 0 Å². The molecule has 1 saturated carbocycles. The summed E-state index contributed by atoms with van der Waals surface area (Å²) in [5, 5.41) is 21.4. The summed E-state index contributed by atoms with van der Waals surface area (Å²) < 4.78 is 12.0. The van der Waals surface area contributed by atoms with Crippen molar-refractivity contribution in [2.45, 2.75) is 78.6 Å². The van der Waals surface area contributed by atoms with Crippen LogP contribution in [0, 0.1) is 17.3 Å². The predicted molar refractivity (Wildman–Crippen MR) is 126 cm³/mol. The minimum absolute atomic E-state index is 0.0680. The molecular formula is C27H36O6. The zero-order valence-electron chi connectivity index (χ0n) is 20.4. The van der Waals surface area contributed by atoms with Crippen LogP contribution in [0.15, 0.2) is 47.6 Å². The molecule has 0 spiro atoms. The van der Waals surface area contributed by atoms with Gasteiger partial charge >= 0.3 is 11.9 Å². The molecule has 0 bridgehead atoms. The van der Waals surface area contributed by atoms with Gasteiger partial charge < -0.3 is 19.7 Å². The maximum Gasteiger partial charge on any atom is 0.338 e. The van der Waals surface area contributed by atoms with Crippen molar-refractivity contribution in [1.29, 1.82) is 0 Å². The summed E-state index contributed by atoms with van der Waals surface area (Å²) >= 11 is 0. The number of carbonyl (C=O) groups excluding carboxylic acids is 2. The van der Waals surface area contributed by atoms with E-state index in [4.69, 9.17) is 9.47 Å². The number of hydrogen-bond acceptors (Lipinski definition) is 6. The van der Waals surface area contributed by atoms with Gasteiger partial charge in [-0.1, -0.05) is 32.4 Å². The maximum absolute atomic E-state index is 13.0. The zero-order valence-corrected chi connectivity index (χ0v) is 20.4. The van der Waals surface area contributed by atoms with Crippen molar-refractivity contribution < 1.29 is 29.3 Å². The normalized spacial score (nSPS) is 32.1. The first-order valence-corrected chi connectivity index (χ1v) is 11.7. The fraction of sp³-hybridized carbons (Fsp3) is 0.556. The summed E-state index contributed by atoms with van der Waals surface area (Å²) in [4.78, 5) is 25.7. The quantitative estimate of drug-likeness (QED) is 0.370. The molecule has 0 unspecified atom stereocenters. The topological polar surface area (TPSA) is 93.1 Å². The third-order valence-electron chi connectivity index (χ3n) is 7.64. The van der Waals surface area contributed by atoms with Gasteiger partial charge in [-0.2, -0.15) is 0 Å². The van der Waals surface area contributed by atoms with E-state index in [0.29, 0.717) is 30.4 Å². The van der Waals surface area contributed by atoms with Gasteiger partial charge in [0.05, 0.1) is 11.2 Å². The molecule has 33 heavy (non-hydrogen) atoms. The van der Waals surface area contributed by atoms with Crippen LogP contribution >= 0.6 is 0 Å². The molecule has 2 aliphatic rings. The second-order valence-corrected chi connectivity index (χ2v) is 10.1. The molecule has 0 aliphatic heterocycles. The van der Waals surface area contributed by atoms with Gasteiger partial charge in [-0.15, -0.1) is 0 Å². The number of aliphatic hydroxyl groups is 1. The van der Waals surface area contributed by atoms with Crippen LogP contribution < -0.4 is 0 Å². The molecule has 1 aromatic rings. The number of allylic oxidation sites excluding steroid dienone is 1. The maximum atomic E-state index is 13.0. The Balaban J connectivity index is 2.01. The lowest BCUT2D eigenvalue weighted by Gasteiger charge is -2.45. The number of rotatable bonds is 5. The number of aromatic hydroxyl groups is 1. The molecule has 0 radical (unpaired) electrons. The van der Waals surface area contributed by atoms with Crippen LogP contribution in [0.5, 0.6) is 5.75 Å². The van der Waals surface area contributed by atoms with Gasteiger partial charge in [0, 0.05) is 23.3 Å². The Labute approximate surface area is 196 Å². The molecule has 2 N–H and O–H groups in total. The Morgan fingerprint density at radius 2 is 1.79 bits per heavy atom. The SMILES string of the molecule is CC=C(C)C(=O)O[C@@H]1C=C(C)C[C@H](OC(=O)c2ccc(O)cc2)[C@H]2[C@]1(C)CC[C@]2(O)C(C)C. The summed E-state index contributed by atoms with van der Waals surface area (Å²) in [6, 6.07) is 5.92. The molecule has 2 aliphatic carbocycles. The van der Waals surface area contributed by atoms with Crippen molar-refractivity contribution in [3.05, 3.63) is 53.1 Å². The van der Waals surface area contributed by atoms with Crippen LogP contribution in [0.4, 0.5) is 0 Å². The van der Waals surface area contributed by atoms with E-state index in [-0.39, 0.29) is 17.6 Å². The predicted octanol–water partition coefficient (Wildman–Crippen LogP) is 4.95. The fourth-order valence-electron chi connectivity index (χ4n) is 5.42. The molecule has 0 heterocycles. The van der Waals surface area contributed by atoms with Crippen molar-refractivity contribution in [3.8, 4) is 5.75 Å². The summed E-state index contributed by atoms with van der Waals surface area (Å²) in [6.07, 6.45) is 4.14. The number of ether oxygens (including phenoxy) is 2. The van der Waals surface area contributed by atoms with Crippen LogP contribution in [-0.2, 0) is 14.3 Å². The fourth-order valence-corrected chi connectivity index (χ4v) is 5.42. The van der Waals surface area contributed by atoms with E-state index < -0.39 is 35.1 Å². The summed E-state index contributed by atoms with van der Waals surface area (Å²) in [5.41, 5.74) is 0.112. The van der Waals surface area contributed by atoms with E-state index in [9.17, 15) is 19.8 Å². The Morgan fingerprint density at radius 3 is 2.36 bits per heavy atom. The smallest absolute Gasteiger partial charge is 0.338 e. The lowest BCUT2D eigenvalue weighted by Crippen LogP contribution is -2.53. The van der Waals surface area contributed by atoms with Crippen molar-refractivity contribution in [2.75, 3.05) is 0 Å². The third-order valence-corrected chi connectivity index (χ3v) is 7.64. The Bertz CT molecular complexity index is 959. The van der Waals surface area contributed by atoms with Gasteiger partial charge in [-0.3, -0.25) is 0 Å². The van der Waals surface area contributed by atoms with Gasteiger partial charge in [0.1, 0.15) is 18.0 Å². The molecule has 1 aromatic carbocycles. The second kappa shape index (κ2) is 9.34. The summed E-state index contributed by atoms with van der Waals surface area (Å²) in [7, 11) is 0. The van der Waals surface area contributed by atoms with Crippen LogP contribution in [0.3, 0.4) is 0 Å². The number of benzene rings is 1. The highest BCUT2D eigenvalue weighted by Gasteiger charge is 2.63. The number of fused-ring (bicyclic) bond motifs is 1. The molecule has 0 aromatic heterocycles. The van der Waals surface area contributed by atoms with Gasteiger partial charge in [-0.05, 0) is 69.9 Å². The summed E-state index contributed by atoms with van der Waals surface area (Å²) in [5.74, 6) is -1.33. The minimum atomic E-state index is -1.08. The first kappa shape index (κ1) is 25.0. The molecule has 180 valence electrons. The largest absolute Gasteiger partial charge is 0.508 e. The second-order valence-electron chi connectivity index (χ2n) is 10.1. The molecule has 0 amide bonds. The Morgan fingerprint density at radius 1 is 1.15 bits per heavy atom. The van der Waals surface area contributed by atoms with Gasteiger partial charge in [0.2, 0.25) is 0 Å². The van der Waals surface area contributed by atoms with Crippen LogP contribution in [0.2, 0.25) is 0 Å². The number of phenols is 1. The first-order valence-electron chi connectivity index (χ1n) is 11.7. The highest BCUT2D eigenvalue weighted by Crippen LogP contribution is 2.58. The lowest BCUT2D eigenvalue weighted by atomic mass is 9.66. The minimum Gasteiger partial charge on any atom is -0.508 e. The Kier molecular flexibility index (Phi) is 7.08. The highest BCUT2D eigenvalue weighted by atomic mass is 16.6. The monoisotopic (exact) mass is 456 g/mol. The van der Waals surface area contributed by atoms with E-state index >= 15 is 0 Å². The van der Waals surface area contributed by atoms with E-state index in [0.717, 1.165) is 5.57 Å².